The SMILES string of the molecule is CCC1CCCN(c2ccc([C@@H](C)O)cc2F)CC1. The number of aliphatic hydroxyl groups is 1. The van der Waals surface area contributed by atoms with Crippen LogP contribution in [0.4, 0.5) is 10.1 Å². The molecule has 0 saturated carbocycles. The van der Waals surface area contributed by atoms with Gasteiger partial charge in [-0.1, -0.05) is 19.4 Å². The molecule has 1 saturated heterocycles. The molecular weight excluding hydrogens is 241 g/mol. The maximum absolute atomic E-state index is 14.2. The predicted molar refractivity (Wildman–Crippen MR) is 76.9 cm³/mol. The lowest BCUT2D eigenvalue weighted by molar-refractivity contribution is 0.199. The Hall–Kier alpha value is -1.09. The van der Waals surface area contributed by atoms with Gasteiger partial charge >= 0.3 is 0 Å². The van der Waals surface area contributed by atoms with E-state index in [1.54, 1.807) is 6.92 Å². The summed E-state index contributed by atoms with van der Waals surface area (Å²) in [7, 11) is 0. The number of halogens is 1. The van der Waals surface area contributed by atoms with E-state index in [9.17, 15) is 9.50 Å². The zero-order valence-electron chi connectivity index (χ0n) is 11.9. The molecule has 2 rings (SSSR count). The van der Waals surface area contributed by atoms with Crippen molar-refractivity contribution >= 4 is 5.69 Å². The van der Waals surface area contributed by atoms with E-state index in [0.717, 1.165) is 31.8 Å². The molecule has 0 bridgehead atoms. The Kier molecular flexibility index (Phi) is 4.81. The standard InChI is InChI=1S/C16H24FNO/c1-3-13-5-4-9-18(10-8-13)16-7-6-14(12(2)19)11-15(16)17/h6-7,11-13,19H,3-5,8-10H2,1-2H3/t12-,13?/m1/s1. The normalized spacial score (nSPS) is 22.1. The van der Waals surface area contributed by atoms with Crippen molar-refractivity contribution in [3.05, 3.63) is 29.6 Å². The second-order valence-corrected chi connectivity index (χ2v) is 5.58. The van der Waals surface area contributed by atoms with Crippen LogP contribution in [0.5, 0.6) is 0 Å². The van der Waals surface area contributed by atoms with Crippen LogP contribution in [-0.2, 0) is 0 Å². The summed E-state index contributed by atoms with van der Waals surface area (Å²) in [6, 6.07) is 5.09. The summed E-state index contributed by atoms with van der Waals surface area (Å²) in [6.07, 6.45) is 4.14. The molecule has 19 heavy (non-hydrogen) atoms. The van der Waals surface area contributed by atoms with Gasteiger partial charge in [-0.2, -0.15) is 0 Å². The highest BCUT2D eigenvalue weighted by Crippen LogP contribution is 2.28. The second kappa shape index (κ2) is 6.38. The fourth-order valence-corrected chi connectivity index (χ4v) is 2.85. The summed E-state index contributed by atoms with van der Waals surface area (Å²) in [4.78, 5) is 2.15. The topological polar surface area (TPSA) is 23.5 Å². The number of aliphatic hydroxyl groups excluding tert-OH is 1. The van der Waals surface area contributed by atoms with Crippen molar-refractivity contribution in [1.29, 1.82) is 0 Å². The molecule has 1 aromatic rings. The van der Waals surface area contributed by atoms with E-state index < -0.39 is 6.10 Å². The van der Waals surface area contributed by atoms with Crippen molar-refractivity contribution in [3.8, 4) is 0 Å². The average Bonchev–Trinajstić information content (AvgIpc) is 2.63. The van der Waals surface area contributed by atoms with Gasteiger partial charge in [-0.05, 0) is 49.8 Å². The maximum Gasteiger partial charge on any atom is 0.146 e. The van der Waals surface area contributed by atoms with Crippen LogP contribution in [0, 0.1) is 11.7 Å². The Morgan fingerprint density at radius 2 is 2.16 bits per heavy atom. The predicted octanol–water partition coefficient (Wildman–Crippen LogP) is 3.90. The molecule has 0 amide bonds. The van der Waals surface area contributed by atoms with Gasteiger partial charge < -0.3 is 10.0 Å². The van der Waals surface area contributed by atoms with Gasteiger partial charge in [-0.15, -0.1) is 0 Å². The van der Waals surface area contributed by atoms with Crippen LogP contribution in [0.2, 0.25) is 0 Å². The lowest BCUT2D eigenvalue weighted by Gasteiger charge is -2.24. The fourth-order valence-electron chi connectivity index (χ4n) is 2.85. The fraction of sp³-hybridized carbons (Fsp3) is 0.625. The molecule has 106 valence electrons. The lowest BCUT2D eigenvalue weighted by Crippen LogP contribution is -2.25. The third-order valence-electron chi connectivity index (χ3n) is 4.22. The Labute approximate surface area is 115 Å². The van der Waals surface area contributed by atoms with Crippen molar-refractivity contribution in [1.82, 2.24) is 0 Å². The molecule has 1 N–H and O–H groups in total. The molecule has 2 nitrogen and oxygen atoms in total. The summed E-state index contributed by atoms with van der Waals surface area (Å²) in [5.41, 5.74) is 1.32. The van der Waals surface area contributed by atoms with Crippen molar-refractivity contribution in [2.45, 2.75) is 45.6 Å². The molecule has 1 unspecified atom stereocenters. The van der Waals surface area contributed by atoms with Gasteiger partial charge in [0, 0.05) is 13.1 Å². The average molecular weight is 265 g/mol. The van der Waals surface area contributed by atoms with Crippen LogP contribution in [-0.4, -0.2) is 18.2 Å². The molecular formula is C16H24FNO. The third kappa shape index (κ3) is 3.47. The molecule has 0 aliphatic carbocycles. The molecule has 1 heterocycles. The van der Waals surface area contributed by atoms with E-state index >= 15 is 0 Å². The quantitative estimate of drug-likeness (QED) is 0.896. The number of hydrogen-bond donors (Lipinski definition) is 1. The first kappa shape index (κ1) is 14.3. The second-order valence-electron chi connectivity index (χ2n) is 5.58. The van der Waals surface area contributed by atoms with E-state index in [0.29, 0.717) is 11.3 Å². The van der Waals surface area contributed by atoms with Gasteiger partial charge in [0.1, 0.15) is 5.82 Å². The van der Waals surface area contributed by atoms with Crippen molar-refractivity contribution in [2.75, 3.05) is 18.0 Å². The highest BCUT2D eigenvalue weighted by Gasteiger charge is 2.18. The summed E-state index contributed by atoms with van der Waals surface area (Å²) < 4.78 is 14.2. The Balaban J connectivity index is 2.13. The van der Waals surface area contributed by atoms with E-state index in [1.165, 1.54) is 18.9 Å². The molecule has 2 atom stereocenters. The molecule has 1 aliphatic heterocycles. The highest BCUT2D eigenvalue weighted by atomic mass is 19.1. The molecule has 0 radical (unpaired) electrons. The van der Waals surface area contributed by atoms with Crippen molar-refractivity contribution < 1.29 is 9.50 Å². The van der Waals surface area contributed by atoms with Crippen LogP contribution in [0.15, 0.2) is 18.2 Å². The van der Waals surface area contributed by atoms with Crippen molar-refractivity contribution in [2.24, 2.45) is 5.92 Å². The monoisotopic (exact) mass is 265 g/mol. The minimum Gasteiger partial charge on any atom is -0.389 e. The number of hydrogen-bond acceptors (Lipinski definition) is 2. The molecule has 1 aliphatic rings. The van der Waals surface area contributed by atoms with Crippen LogP contribution in [0.25, 0.3) is 0 Å². The van der Waals surface area contributed by atoms with Gasteiger partial charge in [0.2, 0.25) is 0 Å². The Morgan fingerprint density at radius 1 is 1.37 bits per heavy atom. The summed E-state index contributed by atoms with van der Waals surface area (Å²) in [5, 5.41) is 9.48. The Bertz CT molecular complexity index is 419. The van der Waals surface area contributed by atoms with Crippen LogP contribution < -0.4 is 4.90 Å². The van der Waals surface area contributed by atoms with Crippen LogP contribution >= 0.6 is 0 Å². The highest BCUT2D eigenvalue weighted by molar-refractivity contribution is 5.49. The number of rotatable bonds is 3. The molecule has 3 heteroatoms. The Morgan fingerprint density at radius 3 is 2.79 bits per heavy atom. The van der Waals surface area contributed by atoms with Gasteiger partial charge in [-0.25, -0.2) is 4.39 Å². The van der Waals surface area contributed by atoms with E-state index in [2.05, 4.69) is 11.8 Å². The van der Waals surface area contributed by atoms with Gasteiger partial charge in [-0.3, -0.25) is 0 Å². The zero-order chi connectivity index (χ0) is 13.8. The molecule has 0 spiro atoms. The van der Waals surface area contributed by atoms with Gasteiger partial charge in [0.25, 0.3) is 0 Å². The first-order chi connectivity index (χ1) is 9.11. The van der Waals surface area contributed by atoms with Gasteiger partial charge in [0.05, 0.1) is 11.8 Å². The van der Waals surface area contributed by atoms with Crippen LogP contribution in [0.1, 0.15) is 51.2 Å². The minimum atomic E-state index is -0.614. The largest absolute Gasteiger partial charge is 0.389 e. The molecule has 0 aromatic heterocycles. The van der Waals surface area contributed by atoms with Crippen molar-refractivity contribution in [3.63, 3.8) is 0 Å². The molecule has 1 fully saturated rings. The molecule has 1 aromatic carbocycles. The van der Waals surface area contributed by atoms with Crippen LogP contribution in [0.3, 0.4) is 0 Å². The third-order valence-corrected chi connectivity index (χ3v) is 4.22. The number of anilines is 1. The summed E-state index contributed by atoms with van der Waals surface area (Å²) >= 11 is 0. The number of benzene rings is 1. The first-order valence-electron chi connectivity index (χ1n) is 7.34. The van der Waals surface area contributed by atoms with E-state index in [-0.39, 0.29) is 5.82 Å². The van der Waals surface area contributed by atoms with E-state index in [4.69, 9.17) is 0 Å². The summed E-state index contributed by atoms with van der Waals surface area (Å²) in [6.45, 7) is 5.76. The van der Waals surface area contributed by atoms with E-state index in [1.807, 2.05) is 12.1 Å². The number of nitrogens with zero attached hydrogens (tertiary/aromatic N) is 1. The lowest BCUT2D eigenvalue weighted by atomic mass is 9.98. The maximum atomic E-state index is 14.2. The zero-order valence-corrected chi connectivity index (χ0v) is 11.9. The minimum absolute atomic E-state index is 0.214. The van der Waals surface area contributed by atoms with Gasteiger partial charge in [0.15, 0.2) is 0 Å². The smallest absolute Gasteiger partial charge is 0.146 e. The summed E-state index contributed by atoms with van der Waals surface area (Å²) in [5.74, 6) is 0.568. The first-order valence-corrected chi connectivity index (χ1v) is 7.34.